The van der Waals surface area contributed by atoms with Gasteiger partial charge in [0, 0.05) is 0 Å². The number of anilines is 1. The van der Waals surface area contributed by atoms with Crippen LogP contribution in [0.4, 0.5) is 19.0 Å². The van der Waals surface area contributed by atoms with E-state index in [9.17, 15) is 13.2 Å². The Labute approximate surface area is 89.7 Å². The SMILES string of the molecule is OCC(CO)Nc1cccc(C(F)(F)F)n1. The number of alkyl halides is 3. The van der Waals surface area contributed by atoms with Crippen molar-refractivity contribution in [3.8, 4) is 0 Å². The van der Waals surface area contributed by atoms with Gasteiger partial charge in [0.25, 0.3) is 0 Å². The standard InChI is InChI=1S/C9H11F3N2O2/c10-9(11,12)7-2-1-3-8(14-7)13-6(4-15)5-16/h1-3,6,15-16H,4-5H2,(H,13,14). The largest absolute Gasteiger partial charge is 0.433 e. The maximum atomic E-state index is 12.3. The molecule has 0 unspecified atom stereocenters. The zero-order valence-electron chi connectivity index (χ0n) is 8.20. The fourth-order valence-corrected chi connectivity index (χ4v) is 1.03. The van der Waals surface area contributed by atoms with Crippen molar-refractivity contribution < 1.29 is 23.4 Å². The van der Waals surface area contributed by atoms with Crippen molar-refractivity contribution >= 4 is 5.82 Å². The summed E-state index contributed by atoms with van der Waals surface area (Å²) in [5.74, 6) is -0.0390. The van der Waals surface area contributed by atoms with Gasteiger partial charge in [-0.1, -0.05) is 6.07 Å². The van der Waals surface area contributed by atoms with Crippen LogP contribution in [0.15, 0.2) is 18.2 Å². The molecule has 16 heavy (non-hydrogen) atoms. The molecule has 0 fully saturated rings. The van der Waals surface area contributed by atoms with Crippen LogP contribution >= 0.6 is 0 Å². The molecule has 0 saturated heterocycles. The summed E-state index contributed by atoms with van der Waals surface area (Å²) in [5.41, 5.74) is -1.02. The van der Waals surface area contributed by atoms with Crippen LogP contribution in [0, 0.1) is 0 Å². The Morgan fingerprint density at radius 3 is 2.38 bits per heavy atom. The van der Waals surface area contributed by atoms with Crippen LogP contribution in [-0.4, -0.2) is 34.5 Å². The number of aliphatic hydroxyl groups is 2. The summed E-state index contributed by atoms with van der Waals surface area (Å²) in [6.45, 7) is -0.789. The van der Waals surface area contributed by atoms with Gasteiger partial charge in [0.15, 0.2) is 0 Å². The van der Waals surface area contributed by atoms with Gasteiger partial charge in [-0.05, 0) is 12.1 Å². The Kier molecular flexibility index (Phi) is 4.08. The van der Waals surface area contributed by atoms with Crippen molar-refractivity contribution in [1.29, 1.82) is 0 Å². The van der Waals surface area contributed by atoms with Crippen LogP contribution in [-0.2, 0) is 6.18 Å². The summed E-state index contributed by atoms with van der Waals surface area (Å²) in [5, 5.41) is 20.0. The molecule has 0 radical (unpaired) electrons. The van der Waals surface area contributed by atoms with Crippen molar-refractivity contribution in [3.63, 3.8) is 0 Å². The zero-order valence-corrected chi connectivity index (χ0v) is 8.20. The van der Waals surface area contributed by atoms with E-state index in [2.05, 4.69) is 10.3 Å². The third kappa shape index (κ3) is 3.35. The summed E-state index contributed by atoms with van der Waals surface area (Å²) in [6, 6.07) is 2.64. The maximum Gasteiger partial charge on any atom is 0.433 e. The highest BCUT2D eigenvalue weighted by atomic mass is 19.4. The van der Waals surface area contributed by atoms with E-state index >= 15 is 0 Å². The Morgan fingerprint density at radius 1 is 1.25 bits per heavy atom. The van der Waals surface area contributed by atoms with Gasteiger partial charge < -0.3 is 15.5 Å². The summed E-state index contributed by atoms with van der Waals surface area (Å²) in [7, 11) is 0. The van der Waals surface area contributed by atoms with Gasteiger partial charge in [-0.15, -0.1) is 0 Å². The predicted octanol–water partition coefficient (Wildman–Crippen LogP) is 0.865. The summed E-state index contributed by atoms with van der Waals surface area (Å²) < 4.78 is 36.8. The van der Waals surface area contributed by atoms with E-state index in [0.717, 1.165) is 6.07 Å². The lowest BCUT2D eigenvalue weighted by molar-refractivity contribution is -0.141. The molecule has 1 aromatic heterocycles. The maximum absolute atomic E-state index is 12.3. The third-order valence-corrected chi connectivity index (χ3v) is 1.83. The van der Waals surface area contributed by atoms with E-state index < -0.39 is 31.1 Å². The molecule has 0 aliphatic rings. The van der Waals surface area contributed by atoms with E-state index in [-0.39, 0.29) is 5.82 Å². The average Bonchev–Trinajstić information content (AvgIpc) is 2.25. The molecule has 1 aromatic rings. The molecule has 0 atom stereocenters. The second-order valence-corrected chi connectivity index (χ2v) is 3.11. The van der Waals surface area contributed by atoms with Crippen molar-refractivity contribution in [2.75, 3.05) is 18.5 Å². The molecule has 0 aliphatic heterocycles. The second kappa shape index (κ2) is 5.13. The van der Waals surface area contributed by atoms with Crippen molar-refractivity contribution in [2.24, 2.45) is 0 Å². The van der Waals surface area contributed by atoms with Gasteiger partial charge in [0.2, 0.25) is 0 Å². The number of halogens is 3. The molecule has 0 bridgehead atoms. The number of hydrogen-bond acceptors (Lipinski definition) is 4. The molecule has 0 spiro atoms. The van der Waals surface area contributed by atoms with E-state index in [1.54, 1.807) is 0 Å². The van der Waals surface area contributed by atoms with Crippen LogP contribution in [0.1, 0.15) is 5.69 Å². The predicted molar refractivity (Wildman–Crippen MR) is 50.8 cm³/mol. The lowest BCUT2D eigenvalue weighted by Gasteiger charge is -2.15. The van der Waals surface area contributed by atoms with Gasteiger partial charge in [-0.2, -0.15) is 13.2 Å². The van der Waals surface area contributed by atoms with Crippen LogP contribution in [0.25, 0.3) is 0 Å². The number of aliphatic hydroxyl groups excluding tert-OH is 2. The van der Waals surface area contributed by atoms with E-state index in [1.807, 2.05) is 0 Å². The number of hydrogen-bond donors (Lipinski definition) is 3. The molecule has 1 heterocycles. The number of rotatable bonds is 4. The number of pyridine rings is 1. The van der Waals surface area contributed by atoms with E-state index in [1.165, 1.54) is 12.1 Å². The van der Waals surface area contributed by atoms with E-state index in [4.69, 9.17) is 10.2 Å². The summed E-state index contributed by atoms with van der Waals surface area (Å²) in [4.78, 5) is 3.32. The molecule has 0 saturated carbocycles. The van der Waals surface area contributed by atoms with Crippen LogP contribution in [0.3, 0.4) is 0 Å². The van der Waals surface area contributed by atoms with Crippen LogP contribution in [0.5, 0.6) is 0 Å². The minimum Gasteiger partial charge on any atom is -0.394 e. The molecular weight excluding hydrogens is 225 g/mol. The molecule has 90 valence electrons. The third-order valence-electron chi connectivity index (χ3n) is 1.83. The molecule has 4 nitrogen and oxygen atoms in total. The number of nitrogens with zero attached hydrogens (tertiary/aromatic N) is 1. The molecule has 7 heteroatoms. The minimum atomic E-state index is -4.51. The highest BCUT2D eigenvalue weighted by molar-refractivity contribution is 5.37. The smallest absolute Gasteiger partial charge is 0.394 e. The molecule has 0 aromatic carbocycles. The van der Waals surface area contributed by atoms with Crippen molar-refractivity contribution in [3.05, 3.63) is 23.9 Å². The normalized spacial score (nSPS) is 11.9. The molecule has 0 aliphatic carbocycles. The quantitative estimate of drug-likeness (QED) is 0.725. The molecule has 3 N–H and O–H groups in total. The average molecular weight is 236 g/mol. The minimum absolute atomic E-state index is 0.0390. The Morgan fingerprint density at radius 2 is 1.88 bits per heavy atom. The highest BCUT2D eigenvalue weighted by Crippen LogP contribution is 2.28. The Balaban J connectivity index is 2.82. The van der Waals surface area contributed by atoms with Gasteiger partial charge in [0.05, 0.1) is 19.3 Å². The van der Waals surface area contributed by atoms with Gasteiger partial charge in [-0.25, -0.2) is 4.98 Å². The first-order valence-corrected chi connectivity index (χ1v) is 4.50. The second-order valence-electron chi connectivity index (χ2n) is 3.11. The number of nitrogens with one attached hydrogen (secondary N) is 1. The van der Waals surface area contributed by atoms with E-state index in [0.29, 0.717) is 0 Å². The van der Waals surface area contributed by atoms with Crippen LogP contribution < -0.4 is 5.32 Å². The Bertz CT molecular complexity index is 340. The topological polar surface area (TPSA) is 65.4 Å². The molecule has 0 amide bonds. The van der Waals surface area contributed by atoms with Crippen molar-refractivity contribution in [1.82, 2.24) is 4.98 Å². The van der Waals surface area contributed by atoms with Gasteiger partial charge in [0.1, 0.15) is 11.5 Å². The lowest BCUT2D eigenvalue weighted by Crippen LogP contribution is -2.28. The molecular formula is C9H11F3N2O2. The molecule has 1 rings (SSSR count). The first kappa shape index (κ1) is 12.7. The van der Waals surface area contributed by atoms with Crippen molar-refractivity contribution in [2.45, 2.75) is 12.2 Å². The van der Waals surface area contributed by atoms with Gasteiger partial charge in [-0.3, -0.25) is 0 Å². The zero-order chi connectivity index (χ0) is 12.2. The first-order valence-electron chi connectivity index (χ1n) is 4.50. The van der Waals surface area contributed by atoms with Crippen LogP contribution in [0.2, 0.25) is 0 Å². The fourth-order valence-electron chi connectivity index (χ4n) is 1.03. The summed E-state index contributed by atoms with van der Waals surface area (Å²) in [6.07, 6.45) is -4.51. The monoisotopic (exact) mass is 236 g/mol. The lowest BCUT2D eigenvalue weighted by atomic mass is 10.3. The Hall–Kier alpha value is -1.34. The fraction of sp³-hybridized carbons (Fsp3) is 0.444. The first-order chi connectivity index (χ1) is 7.47. The highest BCUT2D eigenvalue weighted by Gasteiger charge is 2.32. The van der Waals surface area contributed by atoms with Gasteiger partial charge >= 0.3 is 6.18 Å². The summed E-state index contributed by atoms with van der Waals surface area (Å²) >= 11 is 0. The number of aromatic nitrogens is 1.